The zero-order valence-electron chi connectivity index (χ0n) is 22.2. The maximum atomic E-state index is 14.9. The van der Waals surface area contributed by atoms with Crippen molar-refractivity contribution >= 4 is 46.2 Å². The lowest BCUT2D eigenvalue weighted by Gasteiger charge is -2.31. The minimum atomic E-state index is -0.283. The number of nitrogens with zero attached hydrogens (tertiary/aromatic N) is 2. The largest absolute Gasteiger partial charge is 0.399 e. The first-order valence-electron chi connectivity index (χ1n) is 13.1. The zero-order valence-corrected chi connectivity index (χ0v) is 23.0. The van der Waals surface area contributed by atoms with E-state index in [1.54, 1.807) is 19.1 Å². The first-order valence-corrected chi connectivity index (χ1v) is 13.1. The van der Waals surface area contributed by atoms with E-state index in [0.717, 1.165) is 53.7 Å². The fourth-order valence-electron chi connectivity index (χ4n) is 5.46. The highest BCUT2D eigenvalue weighted by Crippen LogP contribution is 2.33. The minimum absolute atomic E-state index is 0. The number of nitrogens with one attached hydrogen (secondary N) is 1. The van der Waals surface area contributed by atoms with Gasteiger partial charge in [0.25, 0.3) is 0 Å². The summed E-state index contributed by atoms with van der Waals surface area (Å²) >= 11 is 0. The Labute approximate surface area is 229 Å². The topological polar surface area (TPSA) is 80.5 Å². The number of carbonyl (C=O) groups is 1. The van der Waals surface area contributed by atoms with E-state index in [-0.39, 0.29) is 36.1 Å². The second kappa shape index (κ2) is 11.7. The van der Waals surface area contributed by atoms with Crippen LogP contribution in [0.5, 0.6) is 0 Å². The summed E-state index contributed by atoms with van der Waals surface area (Å²) in [6, 6.07) is 11.4. The molecule has 202 valence electrons. The highest BCUT2D eigenvalue weighted by atomic mass is 35.5. The van der Waals surface area contributed by atoms with Gasteiger partial charge in [-0.15, -0.1) is 12.4 Å². The average molecular weight is 539 g/mol. The van der Waals surface area contributed by atoms with Crippen molar-refractivity contribution in [3.63, 3.8) is 0 Å². The molecule has 3 N–H and O–H groups in total. The van der Waals surface area contributed by atoms with Crippen LogP contribution in [0.15, 0.2) is 42.5 Å². The Hall–Kier alpha value is -3.16. The first kappa shape index (κ1) is 27.9. The molecule has 1 saturated heterocycles. The van der Waals surface area contributed by atoms with Gasteiger partial charge in [0.15, 0.2) is 0 Å². The number of amides is 1. The molecule has 0 spiro atoms. The molecule has 8 heteroatoms. The third-order valence-corrected chi connectivity index (χ3v) is 7.54. The van der Waals surface area contributed by atoms with Crippen molar-refractivity contribution < 1.29 is 13.9 Å². The smallest absolute Gasteiger partial charge is 0.226 e. The maximum Gasteiger partial charge on any atom is 0.226 e. The summed E-state index contributed by atoms with van der Waals surface area (Å²) in [6.45, 7) is 8.34. The molecule has 0 radical (unpaired) electrons. The number of pyridine rings is 1. The van der Waals surface area contributed by atoms with Gasteiger partial charge in [0.2, 0.25) is 5.91 Å². The molecule has 2 aromatic carbocycles. The minimum Gasteiger partial charge on any atom is -0.399 e. The number of hydrogen-bond acceptors (Lipinski definition) is 5. The number of nitrogen functional groups attached to an aromatic ring is 1. The number of anilines is 2. The number of carbonyl (C=O) groups excluding carboxylic acids is 1. The highest BCUT2D eigenvalue weighted by molar-refractivity contribution is 5.94. The van der Waals surface area contributed by atoms with Gasteiger partial charge >= 0.3 is 0 Å². The lowest BCUT2D eigenvalue weighted by Crippen LogP contribution is -2.40. The van der Waals surface area contributed by atoms with Gasteiger partial charge in [-0.25, -0.2) is 4.39 Å². The van der Waals surface area contributed by atoms with Crippen molar-refractivity contribution in [1.82, 2.24) is 9.88 Å². The van der Waals surface area contributed by atoms with Crippen molar-refractivity contribution in [2.75, 3.05) is 37.4 Å². The predicted molar refractivity (Wildman–Crippen MR) is 154 cm³/mol. The molecule has 1 fully saturated rings. The van der Waals surface area contributed by atoms with Crippen LogP contribution in [0.25, 0.3) is 16.5 Å². The van der Waals surface area contributed by atoms with E-state index in [2.05, 4.69) is 23.5 Å². The number of ether oxygens (including phenoxy) is 1. The van der Waals surface area contributed by atoms with E-state index in [0.29, 0.717) is 36.6 Å². The summed E-state index contributed by atoms with van der Waals surface area (Å²) in [5.74, 6) is 0.0985. The van der Waals surface area contributed by atoms with Gasteiger partial charge < -0.3 is 20.7 Å². The number of aryl methyl sites for hydroxylation is 2. The van der Waals surface area contributed by atoms with E-state index in [1.807, 2.05) is 30.9 Å². The highest BCUT2D eigenvalue weighted by Gasteiger charge is 2.27. The number of benzene rings is 2. The summed E-state index contributed by atoms with van der Waals surface area (Å²) in [7, 11) is 0. The van der Waals surface area contributed by atoms with Crippen LogP contribution in [0.1, 0.15) is 54.6 Å². The van der Waals surface area contributed by atoms with Gasteiger partial charge in [0.05, 0.1) is 11.6 Å². The fraction of sp³-hybridized carbons (Fsp3) is 0.400. The summed E-state index contributed by atoms with van der Waals surface area (Å²) < 4.78 is 20.3. The summed E-state index contributed by atoms with van der Waals surface area (Å²) in [4.78, 5) is 19.6. The molecule has 3 heterocycles. The fourth-order valence-corrected chi connectivity index (χ4v) is 5.46. The number of nitrogens with two attached hydrogens (primary N) is 1. The molecule has 1 aromatic heterocycles. The molecule has 1 amide bonds. The van der Waals surface area contributed by atoms with Crippen molar-refractivity contribution in [1.29, 1.82) is 0 Å². The number of halogens is 2. The van der Waals surface area contributed by atoms with Crippen LogP contribution < -0.4 is 11.1 Å². The Morgan fingerprint density at radius 2 is 1.95 bits per heavy atom. The van der Waals surface area contributed by atoms with Crippen molar-refractivity contribution in [3.05, 3.63) is 70.7 Å². The lowest BCUT2D eigenvalue weighted by atomic mass is 9.94. The number of hydrogen-bond donors (Lipinski definition) is 2. The molecule has 2 aliphatic rings. The van der Waals surface area contributed by atoms with Crippen molar-refractivity contribution in [2.45, 2.75) is 46.1 Å². The lowest BCUT2D eigenvalue weighted by molar-refractivity contribution is -0.138. The van der Waals surface area contributed by atoms with Gasteiger partial charge in [0, 0.05) is 60.2 Å². The molecule has 38 heavy (non-hydrogen) atoms. The summed E-state index contributed by atoms with van der Waals surface area (Å²) in [5, 5.41) is 4.49. The predicted octanol–water partition coefficient (Wildman–Crippen LogP) is 6.21. The molecule has 3 aromatic rings. The number of aromatic nitrogens is 1. The molecule has 0 aliphatic carbocycles. The van der Waals surface area contributed by atoms with Crippen molar-refractivity contribution in [3.8, 4) is 0 Å². The van der Waals surface area contributed by atoms with Gasteiger partial charge in [-0.3, -0.25) is 9.78 Å². The quantitative estimate of drug-likeness (QED) is 0.377. The molecular formula is C30H36ClFN4O2. The Morgan fingerprint density at radius 3 is 2.66 bits per heavy atom. The molecule has 0 saturated carbocycles. The normalized spacial score (nSPS) is 17.1. The monoisotopic (exact) mass is 538 g/mol. The zero-order chi connectivity index (χ0) is 26.1. The van der Waals surface area contributed by atoms with E-state index in [4.69, 9.17) is 15.5 Å². The van der Waals surface area contributed by atoms with Crippen LogP contribution in [0, 0.1) is 25.6 Å². The van der Waals surface area contributed by atoms with Gasteiger partial charge in [0.1, 0.15) is 5.82 Å². The molecule has 0 bridgehead atoms. The van der Waals surface area contributed by atoms with Gasteiger partial charge in [-0.05, 0) is 87.1 Å². The van der Waals surface area contributed by atoms with Crippen LogP contribution in [-0.2, 0) is 9.53 Å². The van der Waals surface area contributed by atoms with Crippen molar-refractivity contribution in [2.24, 2.45) is 5.92 Å². The van der Waals surface area contributed by atoms with E-state index in [9.17, 15) is 9.18 Å². The summed E-state index contributed by atoms with van der Waals surface area (Å²) in [5.41, 5.74) is 12.7. The summed E-state index contributed by atoms with van der Waals surface area (Å²) in [6.07, 6.45) is 4.61. The third-order valence-electron chi connectivity index (χ3n) is 7.54. The van der Waals surface area contributed by atoms with Gasteiger partial charge in [-0.2, -0.15) is 0 Å². The Balaban J connectivity index is 0.00000336. The first-order chi connectivity index (χ1) is 17.8. The molecule has 5 rings (SSSR count). The van der Waals surface area contributed by atoms with Crippen LogP contribution >= 0.6 is 12.4 Å². The standard InChI is InChI=1S/C30H35FN4O2.ClH/c1-18-14-24(32)17-25(29(18)31)20(3)34-28-15-19(2)33-27-5-4-23(16-26(27)28)21-6-10-35(11-7-21)30(36)22-8-12-37-13-9-22;/h4-6,14-17,20,22H,7-13,32H2,1-3H3,(H,33,34);1H/t20-;/m1./s1. The second-order valence-corrected chi connectivity index (χ2v) is 10.3. The van der Waals surface area contributed by atoms with Crippen LogP contribution in [0.2, 0.25) is 0 Å². The molecule has 2 aliphatic heterocycles. The van der Waals surface area contributed by atoms with Crippen LogP contribution in [0.3, 0.4) is 0 Å². The molecular weight excluding hydrogens is 503 g/mol. The Kier molecular flexibility index (Phi) is 8.58. The SMILES string of the molecule is Cc1cc(N[C@H](C)c2cc(N)cc(C)c2F)c2cc(C3=CCN(C(=O)C4CCOCC4)CC3)ccc2n1.Cl. The molecule has 6 nitrogen and oxygen atoms in total. The van der Waals surface area contributed by atoms with Crippen LogP contribution in [0.4, 0.5) is 15.8 Å². The average Bonchev–Trinajstić information content (AvgIpc) is 2.90. The Morgan fingerprint density at radius 1 is 1.18 bits per heavy atom. The molecule has 0 unspecified atom stereocenters. The van der Waals surface area contributed by atoms with E-state index >= 15 is 0 Å². The number of fused-ring (bicyclic) bond motifs is 1. The van der Waals surface area contributed by atoms with E-state index < -0.39 is 0 Å². The Bertz CT molecular complexity index is 1370. The number of rotatable bonds is 5. The second-order valence-electron chi connectivity index (χ2n) is 10.3. The molecule has 1 atom stereocenters. The maximum absolute atomic E-state index is 14.9. The third kappa shape index (κ3) is 5.79. The van der Waals surface area contributed by atoms with Gasteiger partial charge in [-0.1, -0.05) is 12.1 Å². The van der Waals surface area contributed by atoms with Crippen LogP contribution in [-0.4, -0.2) is 42.1 Å². The van der Waals surface area contributed by atoms with E-state index in [1.165, 1.54) is 5.57 Å².